The van der Waals surface area contributed by atoms with Gasteiger partial charge in [0.2, 0.25) is 5.91 Å². The summed E-state index contributed by atoms with van der Waals surface area (Å²) >= 11 is 0. The summed E-state index contributed by atoms with van der Waals surface area (Å²) in [5.74, 6) is 0.562. The predicted octanol–water partition coefficient (Wildman–Crippen LogP) is 4.05. The average molecular weight is 434 g/mol. The molecule has 0 radical (unpaired) electrons. The van der Waals surface area contributed by atoms with Crippen LogP contribution in [-0.2, 0) is 11.0 Å². The molecule has 2 heterocycles. The van der Waals surface area contributed by atoms with Crippen molar-refractivity contribution in [2.75, 3.05) is 36.4 Å². The number of nitrogens with zero attached hydrogens (tertiary/aromatic N) is 3. The molecule has 1 saturated heterocycles. The van der Waals surface area contributed by atoms with Gasteiger partial charge in [-0.15, -0.1) is 0 Å². The first-order valence-electron chi connectivity index (χ1n) is 10.1. The molecule has 0 unspecified atom stereocenters. The molecule has 9 heteroatoms. The van der Waals surface area contributed by atoms with Gasteiger partial charge < -0.3 is 15.1 Å². The summed E-state index contributed by atoms with van der Waals surface area (Å²) in [6.07, 6.45) is -2.50. The molecule has 1 N–H and O–H groups in total. The van der Waals surface area contributed by atoms with Crippen LogP contribution in [0.1, 0.15) is 36.2 Å². The van der Waals surface area contributed by atoms with Crippen LogP contribution in [0, 0.1) is 5.92 Å². The van der Waals surface area contributed by atoms with Gasteiger partial charge in [0.05, 0.1) is 17.4 Å². The molecule has 1 aliphatic heterocycles. The van der Waals surface area contributed by atoms with E-state index in [1.54, 1.807) is 12.1 Å². The molecular formula is C22H25F3N4O2. The number of rotatable bonds is 5. The first-order valence-corrected chi connectivity index (χ1v) is 10.1. The number of nitrogens with one attached hydrogen (secondary N) is 1. The maximum atomic E-state index is 12.8. The maximum absolute atomic E-state index is 12.8. The van der Waals surface area contributed by atoms with Crippen molar-refractivity contribution in [2.45, 2.75) is 26.4 Å². The molecule has 0 spiro atoms. The van der Waals surface area contributed by atoms with E-state index in [-0.39, 0.29) is 11.5 Å². The highest BCUT2D eigenvalue weighted by Crippen LogP contribution is 2.29. The molecule has 1 aromatic heterocycles. The van der Waals surface area contributed by atoms with Crippen LogP contribution < -0.4 is 10.2 Å². The third-order valence-electron chi connectivity index (χ3n) is 5.00. The summed E-state index contributed by atoms with van der Waals surface area (Å²) in [6, 6.07) is 7.66. The zero-order valence-electron chi connectivity index (χ0n) is 17.4. The number of hydrogen-bond donors (Lipinski definition) is 1. The van der Waals surface area contributed by atoms with Crippen molar-refractivity contribution in [3.05, 3.63) is 53.7 Å². The van der Waals surface area contributed by atoms with Gasteiger partial charge in [-0.1, -0.05) is 19.9 Å². The molecular weight excluding hydrogens is 409 g/mol. The largest absolute Gasteiger partial charge is 0.416 e. The number of piperazine rings is 1. The van der Waals surface area contributed by atoms with Crippen molar-refractivity contribution in [1.82, 2.24) is 9.88 Å². The summed E-state index contributed by atoms with van der Waals surface area (Å²) in [5, 5.41) is 2.57. The van der Waals surface area contributed by atoms with E-state index in [9.17, 15) is 22.8 Å². The summed E-state index contributed by atoms with van der Waals surface area (Å²) in [5.41, 5.74) is -0.572. The zero-order valence-corrected chi connectivity index (χ0v) is 17.4. The number of aromatic nitrogens is 1. The second-order valence-electron chi connectivity index (χ2n) is 7.90. The van der Waals surface area contributed by atoms with E-state index in [0.717, 1.165) is 12.1 Å². The van der Waals surface area contributed by atoms with E-state index >= 15 is 0 Å². The number of hydrogen-bond acceptors (Lipinski definition) is 4. The van der Waals surface area contributed by atoms with Crippen LogP contribution in [0.3, 0.4) is 0 Å². The summed E-state index contributed by atoms with van der Waals surface area (Å²) in [6.45, 7) is 6.61. The minimum Gasteiger partial charge on any atom is -0.353 e. The lowest BCUT2D eigenvalue weighted by molar-refractivity contribution is -0.137. The lowest BCUT2D eigenvalue weighted by Crippen LogP contribution is -2.49. The Morgan fingerprint density at radius 1 is 1.10 bits per heavy atom. The van der Waals surface area contributed by atoms with E-state index < -0.39 is 17.6 Å². The number of anilines is 2. The van der Waals surface area contributed by atoms with Gasteiger partial charge >= 0.3 is 6.18 Å². The van der Waals surface area contributed by atoms with Crippen molar-refractivity contribution in [3.63, 3.8) is 0 Å². The molecule has 0 aliphatic carbocycles. The molecule has 166 valence electrons. The smallest absolute Gasteiger partial charge is 0.353 e. The Morgan fingerprint density at radius 3 is 2.39 bits per heavy atom. The van der Waals surface area contributed by atoms with Gasteiger partial charge in [0.15, 0.2) is 0 Å². The van der Waals surface area contributed by atoms with Crippen LogP contribution in [0.15, 0.2) is 42.6 Å². The van der Waals surface area contributed by atoms with E-state index in [1.165, 1.54) is 18.3 Å². The summed E-state index contributed by atoms with van der Waals surface area (Å²) in [7, 11) is 0. The van der Waals surface area contributed by atoms with Crippen LogP contribution in [0.5, 0.6) is 0 Å². The van der Waals surface area contributed by atoms with Crippen molar-refractivity contribution in [3.8, 4) is 0 Å². The zero-order chi connectivity index (χ0) is 22.6. The lowest BCUT2D eigenvalue weighted by atomic mass is 10.1. The Morgan fingerprint density at radius 2 is 1.81 bits per heavy atom. The quantitative estimate of drug-likeness (QED) is 0.771. The Labute approximate surface area is 179 Å². The van der Waals surface area contributed by atoms with Gasteiger partial charge in [0.1, 0.15) is 5.82 Å². The minimum absolute atomic E-state index is 0.0823. The summed E-state index contributed by atoms with van der Waals surface area (Å²) < 4.78 is 38.5. The fourth-order valence-electron chi connectivity index (χ4n) is 3.35. The van der Waals surface area contributed by atoms with Gasteiger partial charge in [-0.25, -0.2) is 4.98 Å². The fraction of sp³-hybridized carbons (Fsp3) is 0.409. The molecule has 0 saturated carbocycles. The Balaban J connectivity index is 1.57. The minimum atomic E-state index is -4.51. The second kappa shape index (κ2) is 9.36. The van der Waals surface area contributed by atoms with Crippen LogP contribution in [0.2, 0.25) is 0 Å². The van der Waals surface area contributed by atoms with Gasteiger partial charge in [0.25, 0.3) is 5.91 Å². The molecule has 1 aliphatic rings. The van der Waals surface area contributed by atoms with Crippen LogP contribution in [0.4, 0.5) is 24.7 Å². The highest BCUT2D eigenvalue weighted by Gasteiger charge is 2.31. The number of halogens is 3. The Hall–Kier alpha value is -3.10. The Bertz CT molecular complexity index is 921. The van der Waals surface area contributed by atoms with Crippen molar-refractivity contribution in [1.29, 1.82) is 0 Å². The number of carbonyl (C=O) groups excluding carboxylic acids is 2. The molecule has 6 nitrogen and oxygen atoms in total. The topological polar surface area (TPSA) is 65.5 Å². The number of amides is 2. The average Bonchev–Trinajstić information content (AvgIpc) is 2.73. The number of benzene rings is 1. The third-order valence-corrected chi connectivity index (χ3v) is 5.00. The number of pyridine rings is 1. The third kappa shape index (κ3) is 5.96. The predicted molar refractivity (Wildman–Crippen MR) is 112 cm³/mol. The van der Waals surface area contributed by atoms with Gasteiger partial charge in [-0.05, 0) is 36.2 Å². The molecule has 31 heavy (non-hydrogen) atoms. The normalized spacial score (nSPS) is 14.6. The highest BCUT2D eigenvalue weighted by atomic mass is 19.4. The van der Waals surface area contributed by atoms with Crippen LogP contribution >= 0.6 is 0 Å². The molecule has 3 rings (SSSR count). The number of alkyl halides is 3. The molecule has 2 amide bonds. The van der Waals surface area contributed by atoms with E-state index in [4.69, 9.17) is 0 Å². The van der Waals surface area contributed by atoms with Crippen molar-refractivity contribution < 1.29 is 22.8 Å². The Kier molecular flexibility index (Phi) is 6.82. The highest BCUT2D eigenvalue weighted by molar-refractivity contribution is 6.04. The second-order valence-corrected chi connectivity index (χ2v) is 7.90. The van der Waals surface area contributed by atoms with Gasteiger partial charge in [0, 0.05) is 38.2 Å². The van der Waals surface area contributed by atoms with Crippen molar-refractivity contribution >= 4 is 23.3 Å². The lowest BCUT2D eigenvalue weighted by Gasteiger charge is -2.35. The SMILES string of the molecule is CC(C)CC(=O)N1CCN(c2ccc(NC(=O)c3cccc(C(F)(F)F)c3)cn2)CC1. The molecule has 0 bridgehead atoms. The van der Waals surface area contributed by atoms with E-state index in [0.29, 0.717) is 50.0 Å². The first kappa shape index (κ1) is 22.6. The molecule has 1 aromatic carbocycles. The van der Waals surface area contributed by atoms with Crippen LogP contribution in [0.25, 0.3) is 0 Å². The summed E-state index contributed by atoms with van der Waals surface area (Å²) in [4.78, 5) is 32.7. The van der Waals surface area contributed by atoms with Crippen molar-refractivity contribution in [2.24, 2.45) is 5.92 Å². The standard InChI is InChI=1S/C22H25F3N4O2/c1-15(2)12-20(30)29-10-8-28(9-11-29)19-7-6-18(14-26-19)27-21(31)16-4-3-5-17(13-16)22(23,24)25/h3-7,13-15H,8-12H2,1-2H3,(H,27,31). The first-order chi connectivity index (χ1) is 14.6. The fourth-order valence-corrected chi connectivity index (χ4v) is 3.35. The molecule has 2 aromatic rings. The monoisotopic (exact) mass is 434 g/mol. The molecule has 0 atom stereocenters. The van der Waals surface area contributed by atoms with E-state index in [1.807, 2.05) is 18.7 Å². The van der Waals surface area contributed by atoms with Crippen LogP contribution in [-0.4, -0.2) is 47.9 Å². The number of carbonyl (C=O) groups is 2. The maximum Gasteiger partial charge on any atom is 0.416 e. The molecule has 1 fully saturated rings. The van der Waals surface area contributed by atoms with Gasteiger partial charge in [-0.3, -0.25) is 9.59 Å². The van der Waals surface area contributed by atoms with E-state index in [2.05, 4.69) is 15.2 Å². The van der Waals surface area contributed by atoms with Gasteiger partial charge in [-0.2, -0.15) is 13.2 Å².